The summed E-state index contributed by atoms with van der Waals surface area (Å²) in [6.07, 6.45) is 0.413. The molecule has 3 fully saturated rings. The van der Waals surface area contributed by atoms with Gasteiger partial charge in [-0.2, -0.15) is 0 Å². The van der Waals surface area contributed by atoms with E-state index in [1.165, 1.54) is 6.07 Å². The molecule has 2 amide bonds. The van der Waals surface area contributed by atoms with Crippen molar-refractivity contribution in [3.05, 3.63) is 129 Å². The predicted octanol–water partition coefficient (Wildman–Crippen LogP) is 6.88. The third kappa shape index (κ3) is 5.76. The Kier molecular flexibility index (Phi) is 9.60. The Morgan fingerprint density at radius 2 is 1.69 bits per heavy atom. The van der Waals surface area contributed by atoms with E-state index in [0.717, 1.165) is 5.56 Å². The molecule has 12 heteroatoms. The molecule has 4 aliphatic rings. The van der Waals surface area contributed by atoms with E-state index in [1.807, 2.05) is 65.6 Å². The van der Waals surface area contributed by atoms with Gasteiger partial charge in [-0.1, -0.05) is 116 Å². The lowest BCUT2D eigenvalue weighted by Gasteiger charge is -2.63. The van der Waals surface area contributed by atoms with Gasteiger partial charge >= 0.3 is 0 Å². The van der Waals surface area contributed by atoms with E-state index in [0.29, 0.717) is 36.8 Å². The van der Waals surface area contributed by atoms with Crippen molar-refractivity contribution >= 4 is 40.8 Å². The van der Waals surface area contributed by atoms with Gasteiger partial charge in [-0.3, -0.25) is 14.5 Å². The highest BCUT2D eigenvalue weighted by atomic mass is 35.5. The number of hydrogen-bond acceptors (Lipinski definition) is 7. The molecule has 1 unspecified atom stereocenters. The summed E-state index contributed by atoms with van der Waals surface area (Å²) in [7, 11) is 0. The van der Waals surface area contributed by atoms with Gasteiger partial charge < -0.3 is 25.6 Å². The van der Waals surface area contributed by atoms with E-state index in [4.69, 9.17) is 27.9 Å². The molecule has 1 saturated carbocycles. The predicted molar refractivity (Wildman–Crippen MR) is 204 cm³/mol. The second-order valence-electron chi connectivity index (χ2n) is 15.9. The van der Waals surface area contributed by atoms with Crippen LogP contribution in [0.4, 0.5) is 10.2 Å². The monoisotopic (exact) mass is 772 g/mol. The third-order valence-corrected chi connectivity index (χ3v) is 12.6. The summed E-state index contributed by atoms with van der Waals surface area (Å²) in [6, 6.07) is 24.3. The maximum absolute atomic E-state index is 16.9. The van der Waals surface area contributed by atoms with Crippen molar-refractivity contribution in [2.75, 3.05) is 18.5 Å². The standard InChI is InChI=1S/C42H43Cl2FN4O5/c1-40(2)22-41(23-40)42(29-18-19-31(44)47-37(29)48-39(42)53)32(28-14-9-15-30(43)33(28)45)35(38(52)46-26-16-17-27(20-50)54-21-26)49(41)34(24-10-5-3-6-11-24)36(51)25-12-7-4-8-13-25/h3-15,18-19,26-27,32,34-36,50-51H,16-17,20-23H2,1-2H3,(H,46,52)(H,47,48,53)/t26-,27+,32+,34-,35-,36+,42?/m1/s1. The normalized spacial score (nSPS) is 27.9. The average molecular weight is 774 g/mol. The van der Waals surface area contributed by atoms with Crippen molar-refractivity contribution < 1.29 is 28.9 Å². The third-order valence-electron chi connectivity index (χ3n) is 12.1. The average Bonchev–Trinajstić information content (AvgIpc) is 3.58. The molecular formula is C42H43Cl2FN4O5. The van der Waals surface area contributed by atoms with Gasteiger partial charge in [-0.05, 0) is 59.9 Å². The molecule has 3 aromatic carbocycles. The molecule has 9 nitrogen and oxygen atoms in total. The Bertz CT molecular complexity index is 2060. The Morgan fingerprint density at radius 1 is 1.00 bits per heavy atom. The number of ether oxygens (including phenoxy) is 1. The maximum Gasteiger partial charge on any atom is 0.238 e. The van der Waals surface area contributed by atoms with E-state index in [-0.39, 0.29) is 46.3 Å². The molecule has 2 spiro atoms. The number of amides is 2. The van der Waals surface area contributed by atoms with Gasteiger partial charge in [0.25, 0.3) is 0 Å². The number of aromatic nitrogens is 1. The van der Waals surface area contributed by atoms with Gasteiger partial charge in [0.05, 0.1) is 48.6 Å². The summed E-state index contributed by atoms with van der Waals surface area (Å²) in [5, 5.41) is 28.7. The number of aliphatic hydroxyl groups excluding tert-OH is 2. The summed E-state index contributed by atoms with van der Waals surface area (Å²) in [4.78, 5) is 37.4. The largest absolute Gasteiger partial charge is 0.394 e. The molecule has 3 aliphatic heterocycles. The summed E-state index contributed by atoms with van der Waals surface area (Å²) >= 11 is 13.0. The minimum atomic E-state index is -1.60. The van der Waals surface area contributed by atoms with Gasteiger partial charge in [0.1, 0.15) is 22.2 Å². The number of anilines is 1. The van der Waals surface area contributed by atoms with Crippen LogP contribution in [0.2, 0.25) is 10.2 Å². The molecular weight excluding hydrogens is 730 g/mol. The molecule has 54 heavy (non-hydrogen) atoms. The van der Waals surface area contributed by atoms with Crippen molar-refractivity contribution in [2.24, 2.45) is 5.41 Å². The van der Waals surface area contributed by atoms with E-state index >= 15 is 14.0 Å². The number of hydrogen-bond donors (Lipinski definition) is 4. The van der Waals surface area contributed by atoms with Crippen LogP contribution in [0.3, 0.4) is 0 Å². The fourth-order valence-electron chi connectivity index (χ4n) is 10.3. The smallest absolute Gasteiger partial charge is 0.238 e. The number of fused-ring (bicyclic) bond motifs is 3. The number of aliphatic hydroxyl groups is 2. The van der Waals surface area contributed by atoms with E-state index in [1.54, 1.807) is 24.3 Å². The van der Waals surface area contributed by atoms with Crippen LogP contribution < -0.4 is 10.6 Å². The fourth-order valence-corrected chi connectivity index (χ4v) is 10.6. The number of pyridine rings is 1. The minimum absolute atomic E-state index is 0.105. The minimum Gasteiger partial charge on any atom is -0.394 e. The van der Waals surface area contributed by atoms with Crippen molar-refractivity contribution in [1.29, 1.82) is 0 Å². The highest BCUT2D eigenvalue weighted by Crippen LogP contribution is 2.73. The zero-order chi connectivity index (χ0) is 38.0. The van der Waals surface area contributed by atoms with Gasteiger partial charge in [-0.15, -0.1) is 0 Å². The maximum atomic E-state index is 16.9. The quantitative estimate of drug-likeness (QED) is 0.144. The lowest BCUT2D eigenvalue weighted by atomic mass is 9.46. The van der Waals surface area contributed by atoms with E-state index < -0.39 is 58.7 Å². The fraction of sp³-hybridized carbons (Fsp3) is 0.405. The van der Waals surface area contributed by atoms with E-state index in [9.17, 15) is 10.2 Å². The number of likely N-dealkylation sites (tertiary alicyclic amines) is 1. The molecule has 4 N–H and O–H groups in total. The Hall–Kier alpha value is -3.90. The van der Waals surface area contributed by atoms with Crippen LogP contribution in [0.5, 0.6) is 0 Å². The summed E-state index contributed by atoms with van der Waals surface area (Å²) in [5.74, 6) is -2.51. The van der Waals surface area contributed by atoms with Gasteiger partial charge in [0.2, 0.25) is 11.8 Å². The zero-order valence-electron chi connectivity index (χ0n) is 30.0. The molecule has 0 bridgehead atoms. The lowest BCUT2D eigenvalue weighted by Crippen LogP contribution is -2.70. The molecule has 0 radical (unpaired) electrons. The Balaban J connectivity index is 1.44. The van der Waals surface area contributed by atoms with Crippen LogP contribution in [0.15, 0.2) is 91.0 Å². The van der Waals surface area contributed by atoms with Gasteiger partial charge in [0.15, 0.2) is 0 Å². The van der Waals surface area contributed by atoms with E-state index in [2.05, 4.69) is 29.5 Å². The second kappa shape index (κ2) is 14.0. The van der Waals surface area contributed by atoms with Crippen molar-refractivity contribution in [2.45, 2.75) is 86.7 Å². The molecule has 4 aromatic rings. The first-order chi connectivity index (χ1) is 25.9. The summed E-state index contributed by atoms with van der Waals surface area (Å²) in [6.45, 7) is 4.27. The Labute approximate surface area is 323 Å². The zero-order valence-corrected chi connectivity index (χ0v) is 31.5. The van der Waals surface area contributed by atoms with Crippen LogP contribution in [0, 0.1) is 11.2 Å². The summed E-state index contributed by atoms with van der Waals surface area (Å²) < 4.78 is 22.8. The highest BCUT2D eigenvalue weighted by Gasteiger charge is 2.81. The van der Waals surface area contributed by atoms with Crippen molar-refractivity contribution in [3.63, 3.8) is 0 Å². The highest BCUT2D eigenvalue weighted by molar-refractivity contribution is 6.31. The lowest BCUT2D eigenvalue weighted by molar-refractivity contribution is -0.154. The first kappa shape index (κ1) is 37.0. The van der Waals surface area contributed by atoms with Crippen LogP contribution in [-0.2, 0) is 19.7 Å². The number of nitrogens with one attached hydrogen (secondary N) is 2. The molecule has 1 aliphatic carbocycles. The Morgan fingerprint density at radius 3 is 2.31 bits per heavy atom. The van der Waals surface area contributed by atoms with Gasteiger partial charge in [0, 0.05) is 17.0 Å². The topological polar surface area (TPSA) is 124 Å². The molecule has 2 saturated heterocycles. The number of carbonyl (C=O) groups is 2. The van der Waals surface area contributed by atoms with Crippen molar-refractivity contribution in [3.8, 4) is 0 Å². The second-order valence-corrected chi connectivity index (χ2v) is 16.7. The number of carbonyl (C=O) groups excluding carboxylic acids is 2. The van der Waals surface area contributed by atoms with Gasteiger partial charge in [-0.25, -0.2) is 9.37 Å². The molecule has 282 valence electrons. The summed E-state index contributed by atoms with van der Waals surface area (Å²) in [5.41, 5.74) is -1.13. The molecule has 7 atom stereocenters. The number of nitrogens with zero attached hydrogens (tertiary/aromatic N) is 2. The van der Waals surface area contributed by atoms with Crippen LogP contribution in [0.25, 0.3) is 0 Å². The first-order valence-corrected chi connectivity index (χ1v) is 19.2. The SMILES string of the molecule is CC1(C)CC2(C1)N([C@H](c1ccccc1)[C@@H](O)c1ccccc1)[C@@H](C(=O)N[C@@H]1CC[C@@H](CO)OC1)[C@H](c1cccc(Cl)c1F)C21C(=O)Nc2nc(Cl)ccc21. The number of benzene rings is 3. The molecule has 8 rings (SSSR count). The number of halogens is 3. The molecule has 4 heterocycles. The number of rotatable bonds is 8. The van der Waals surface area contributed by atoms with Crippen molar-refractivity contribution in [1.82, 2.24) is 15.2 Å². The van der Waals surface area contributed by atoms with Crippen LogP contribution >= 0.6 is 23.2 Å². The van der Waals surface area contributed by atoms with Crippen LogP contribution in [0.1, 0.15) is 79.8 Å². The van der Waals surface area contributed by atoms with Crippen LogP contribution in [-0.4, -0.2) is 68.9 Å². The molecule has 1 aromatic heterocycles. The first-order valence-electron chi connectivity index (χ1n) is 18.4.